The van der Waals surface area contributed by atoms with E-state index in [0.717, 1.165) is 30.5 Å². The first-order valence-corrected chi connectivity index (χ1v) is 12.6. The molecule has 35 heavy (non-hydrogen) atoms. The molecular weight excluding hydrogens is 471 g/mol. The zero-order valence-corrected chi connectivity index (χ0v) is 21.4. The number of ether oxygens (including phenoxy) is 3. The average Bonchev–Trinajstić information content (AvgIpc) is 3.14. The lowest BCUT2D eigenvalue weighted by molar-refractivity contribution is -0.136. The number of carbonyl (C=O) groups is 1. The maximum Gasteiger partial charge on any atom is 0.227 e. The lowest BCUT2D eigenvalue weighted by Crippen LogP contribution is -2.39. The van der Waals surface area contributed by atoms with Gasteiger partial charge in [0.05, 0.1) is 31.3 Å². The molecule has 2 aromatic rings. The monoisotopic (exact) mass is 504 g/mol. The van der Waals surface area contributed by atoms with Crippen LogP contribution >= 0.6 is 11.6 Å². The predicted molar refractivity (Wildman–Crippen MR) is 134 cm³/mol. The molecule has 1 fully saturated rings. The Morgan fingerprint density at radius 2 is 2.09 bits per heavy atom. The number of halogens is 2. The van der Waals surface area contributed by atoms with Gasteiger partial charge in [0.1, 0.15) is 0 Å². The molecule has 0 saturated carbocycles. The van der Waals surface area contributed by atoms with Crippen molar-refractivity contribution in [3.05, 3.63) is 52.3 Å². The van der Waals surface area contributed by atoms with Crippen LogP contribution in [0.1, 0.15) is 37.8 Å². The van der Waals surface area contributed by atoms with Crippen molar-refractivity contribution in [1.82, 2.24) is 9.80 Å². The van der Waals surface area contributed by atoms with Crippen molar-refractivity contribution < 1.29 is 23.4 Å². The highest BCUT2D eigenvalue weighted by Gasteiger charge is 2.32. The van der Waals surface area contributed by atoms with E-state index in [1.165, 1.54) is 13.2 Å². The summed E-state index contributed by atoms with van der Waals surface area (Å²) in [5, 5.41) is 0.507. The highest BCUT2D eigenvalue weighted by atomic mass is 35.5. The average molecular weight is 505 g/mol. The third-order valence-electron chi connectivity index (χ3n) is 6.40. The largest absolute Gasteiger partial charge is 0.493 e. The van der Waals surface area contributed by atoms with E-state index in [1.807, 2.05) is 23.1 Å². The minimum absolute atomic E-state index is 0.107. The summed E-state index contributed by atoms with van der Waals surface area (Å²) in [4.78, 5) is 17.7. The van der Waals surface area contributed by atoms with Crippen molar-refractivity contribution >= 4 is 17.5 Å². The molecule has 1 unspecified atom stereocenters. The molecule has 2 aliphatic heterocycles. The van der Waals surface area contributed by atoms with Crippen LogP contribution in [-0.2, 0) is 17.9 Å². The van der Waals surface area contributed by atoms with E-state index in [9.17, 15) is 9.18 Å². The zero-order valence-electron chi connectivity index (χ0n) is 20.7. The Morgan fingerprint density at radius 1 is 1.29 bits per heavy atom. The molecule has 2 aliphatic rings. The number of nitrogens with zero attached hydrogens (tertiary/aromatic N) is 2. The maximum absolute atomic E-state index is 14.1. The molecule has 4 rings (SSSR count). The van der Waals surface area contributed by atoms with Gasteiger partial charge in [-0.25, -0.2) is 4.39 Å². The van der Waals surface area contributed by atoms with Gasteiger partial charge in [0.2, 0.25) is 5.91 Å². The first-order valence-electron chi connectivity index (χ1n) is 12.3. The second-order valence-corrected chi connectivity index (χ2v) is 10.1. The van der Waals surface area contributed by atoms with Crippen molar-refractivity contribution in [2.75, 3.05) is 40.0 Å². The van der Waals surface area contributed by atoms with Crippen molar-refractivity contribution in [3.8, 4) is 17.2 Å². The van der Waals surface area contributed by atoms with E-state index in [2.05, 4.69) is 18.7 Å². The van der Waals surface area contributed by atoms with Gasteiger partial charge in [0.15, 0.2) is 23.1 Å². The van der Waals surface area contributed by atoms with E-state index in [-0.39, 0.29) is 23.4 Å². The minimum Gasteiger partial charge on any atom is -0.493 e. The fourth-order valence-electron chi connectivity index (χ4n) is 4.85. The Balaban J connectivity index is 1.46. The Labute approximate surface area is 211 Å². The van der Waals surface area contributed by atoms with Crippen LogP contribution in [0.15, 0.2) is 30.3 Å². The molecule has 1 saturated heterocycles. The van der Waals surface area contributed by atoms with Gasteiger partial charge < -0.3 is 19.1 Å². The normalized spacial score (nSPS) is 17.9. The minimum atomic E-state index is -0.367. The van der Waals surface area contributed by atoms with Gasteiger partial charge in [0.25, 0.3) is 0 Å². The smallest absolute Gasteiger partial charge is 0.227 e. The maximum atomic E-state index is 14.1. The highest BCUT2D eigenvalue weighted by Crippen LogP contribution is 2.38. The number of amides is 1. The summed E-state index contributed by atoms with van der Waals surface area (Å²) in [7, 11) is 1.48. The summed E-state index contributed by atoms with van der Waals surface area (Å²) in [6.07, 6.45) is 1.57. The quantitative estimate of drug-likeness (QED) is 0.497. The second-order valence-electron chi connectivity index (χ2n) is 9.72. The number of hydrogen-bond donors (Lipinski definition) is 0. The SMILES string of the molecule is COc1c(F)cccc1CN1CCC(C(=O)N(Cc2cc(Cl)c3c(c2)OCCCO3)CC(C)C)C1. The van der Waals surface area contributed by atoms with Crippen molar-refractivity contribution in [2.45, 2.75) is 39.8 Å². The molecule has 1 atom stereocenters. The van der Waals surface area contributed by atoms with Crippen molar-refractivity contribution in [3.63, 3.8) is 0 Å². The van der Waals surface area contributed by atoms with Gasteiger partial charge >= 0.3 is 0 Å². The summed E-state index contributed by atoms with van der Waals surface area (Å²) in [5.41, 5.74) is 1.72. The predicted octanol–water partition coefficient (Wildman–Crippen LogP) is 5.16. The van der Waals surface area contributed by atoms with Gasteiger partial charge in [-0.15, -0.1) is 0 Å². The summed E-state index contributed by atoms with van der Waals surface area (Å²) in [6, 6.07) is 8.76. The molecule has 190 valence electrons. The zero-order chi connectivity index (χ0) is 24.9. The third kappa shape index (κ3) is 6.19. The van der Waals surface area contributed by atoms with Crippen LogP contribution in [0, 0.1) is 17.7 Å². The van der Waals surface area contributed by atoms with Crippen molar-refractivity contribution in [1.29, 1.82) is 0 Å². The van der Waals surface area contributed by atoms with E-state index in [1.54, 1.807) is 6.07 Å². The van der Waals surface area contributed by atoms with Gasteiger partial charge in [-0.3, -0.25) is 9.69 Å². The highest BCUT2D eigenvalue weighted by molar-refractivity contribution is 6.32. The first-order chi connectivity index (χ1) is 16.9. The number of benzene rings is 2. The Hall–Kier alpha value is -2.51. The molecular formula is C27H34ClFN2O4. The lowest BCUT2D eigenvalue weighted by atomic mass is 10.0. The molecule has 2 heterocycles. The number of rotatable bonds is 8. The molecule has 0 aromatic heterocycles. The summed E-state index contributed by atoms with van der Waals surface area (Å²) >= 11 is 6.50. The van der Waals surface area contributed by atoms with Gasteiger partial charge in [-0.2, -0.15) is 0 Å². The summed E-state index contributed by atoms with van der Waals surface area (Å²) < 4.78 is 30.9. The van der Waals surface area contributed by atoms with Crippen LogP contribution in [0.4, 0.5) is 4.39 Å². The lowest BCUT2D eigenvalue weighted by Gasteiger charge is -2.28. The van der Waals surface area contributed by atoms with Crippen molar-refractivity contribution in [2.24, 2.45) is 11.8 Å². The number of para-hydroxylation sites is 1. The summed E-state index contributed by atoms with van der Waals surface area (Å²) in [6.45, 7) is 8.44. The molecule has 0 aliphatic carbocycles. The van der Waals surface area contributed by atoms with Gasteiger partial charge in [0, 0.05) is 38.2 Å². The van der Waals surface area contributed by atoms with Crippen LogP contribution in [0.2, 0.25) is 5.02 Å². The molecule has 0 spiro atoms. The van der Waals surface area contributed by atoms with E-state index in [4.69, 9.17) is 25.8 Å². The first kappa shape index (κ1) is 25.6. The van der Waals surface area contributed by atoms with Crippen LogP contribution in [0.25, 0.3) is 0 Å². The van der Waals surface area contributed by atoms with Crippen LogP contribution in [-0.4, -0.2) is 55.7 Å². The van der Waals surface area contributed by atoms with E-state index < -0.39 is 0 Å². The molecule has 0 N–H and O–H groups in total. The number of carbonyl (C=O) groups excluding carboxylic acids is 1. The Kier molecular flexibility index (Phi) is 8.39. The van der Waals surface area contributed by atoms with Gasteiger partial charge in [-0.1, -0.05) is 37.6 Å². The second kappa shape index (κ2) is 11.5. The van der Waals surface area contributed by atoms with E-state index in [0.29, 0.717) is 61.8 Å². The third-order valence-corrected chi connectivity index (χ3v) is 6.68. The number of likely N-dealkylation sites (tertiary alicyclic amines) is 1. The topological polar surface area (TPSA) is 51.2 Å². The Morgan fingerprint density at radius 3 is 2.86 bits per heavy atom. The fraction of sp³-hybridized carbons (Fsp3) is 0.519. The molecule has 8 heteroatoms. The number of methoxy groups -OCH3 is 1. The molecule has 0 bridgehead atoms. The van der Waals surface area contributed by atoms with Crippen LogP contribution < -0.4 is 14.2 Å². The molecule has 0 radical (unpaired) electrons. The standard InChI is InChI=1S/C27H34ClFN2O4/c1-18(2)14-31(15-19-12-22(28)26-24(13-19)34-10-5-11-35-26)27(32)21-8-9-30(17-21)16-20-6-4-7-23(29)25(20)33-3/h4,6-7,12-13,18,21H,5,8-11,14-17H2,1-3H3. The molecule has 2 aromatic carbocycles. The van der Waals surface area contributed by atoms with E-state index >= 15 is 0 Å². The fourth-order valence-corrected chi connectivity index (χ4v) is 5.14. The molecule has 1 amide bonds. The van der Waals surface area contributed by atoms with Crippen LogP contribution in [0.5, 0.6) is 17.2 Å². The Bertz CT molecular complexity index is 1050. The summed E-state index contributed by atoms with van der Waals surface area (Å²) in [5.74, 6) is 1.47. The van der Waals surface area contributed by atoms with Gasteiger partial charge in [-0.05, 0) is 42.6 Å². The number of hydrogen-bond acceptors (Lipinski definition) is 5. The van der Waals surface area contributed by atoms with Crippen LogP contribution in [0.3, 0.4) is 0 Å². The number of fused-ring (bicyclic) bond motifs is 1. The molecule has 6 nitrogen and oxygen atoms in total.